The monoisotopic (exact) mass is 480 g/mol. The lowest BCUT2D eigenvalue weighted by atomic mass is 10.1. The number of nitrogens with one attached hydrogen (secondary N) is 2. The van der Waals surface area contributed by atoms with Gasteiger partial charge in [0.15, 0.2) is 5.82 Å². The Morgan fingerprint density at radius 2 is 1.81 bits per heavy atom. The van der Waals surface area contributed by atoms with Gasteiger partial charge >= 0.3 is 6.03 Å². The SMILES string of the molecule is C[C@H](NC(=O)N(NS(=O)(=O)c1ccccc1)c1ccnc(N)n1)c1cccc(Cl)c1Cl. The summed E-state index contributed by atoms with van der Waals surface area (Å²) in [5.74, 6) is -0.214. The Kier molecular flexibility index (Phi) is 6.96. The van der Waals surface area contributed by atoms with Gasteiger partial charge in [-0.25, -0.2) is 18.2 Å². The van der Waals surface area contributed by atoms with Crippen LogP contribution in [-0.4, -0.2) is 24.4 Å². The highest BCUT2D eigenvalue weighted by atomic mass is 35.5. The molecule has 31 heavy (non-hydrogen) atoms. The first-order valence-electron chi connectivity index (χ1n) is 8.89. The van der Waals surface area contributed by atoms with Gasteiger partial charge in [-0.05, 0) is 30.7 Å². The lowest BCUT2D eigenvalue weighted by Crippen LogP contribution is -2.51. The molecule has 3 rings (SSSR count). The zero-order chi connectivity index (χ0) is 22.6. The van der Waals surface area contributed by atoms with E-state index in [-0.39, 0.29) is 21.7 Å². The minimum atomic E-state index is -4.11. The highest BCUT2D eigenvalue weighted by molar-refractivity contribution is 7.89. The van der Waals surface area contributed by atoms with Gasteiger partial charge in [0.1, 0.15) is 0 Å². The summed E-state index contributed by atoms with van der Waals surface area (Å²) < 4.78 is 25.6. The number of amides is 2. The molecule has 0 fully saturated rings. The molecule has 1 atom stereocenters. The number of hydrogen-bond donors (Lipinski definition) is 3. The number of sulfonamides is 1. The summed E-state index contributed by atoms with van der Waals surface area (Å²) in [5, 5.41) is 4.01. The molecule has 0 saturated heterocycles. The molecule has 0 spiro atoms. The molecule has 9 nitrogen and oxygen atoms in total. The van der Waals surface area contributed by atoms with Crippen LogP contribution in [0.3, 0.4) is 0 Å². The molecular weight excluding hydrogens is 463 g/mol. The Hall–Kier alpha value is -2.92. The standard InChI is InChI=1S/C19H18Cl2N6O3S/c1-12(14-8-5-9-15(20)17(14)21)24-19(28)27(16-10-11-23-18(22)25-16)26-31(29,30)13-6-3-2-4-7-13/h2-12,26H,1H3,(H,24,28)(H2,22,23,25)/t12-/m0/s1. The van der Waals surface area contributed by atoms with E-state index in [1.807, 2.05) is 0 Å². The van der Waals surface area contributed by atoms with Crippen molar-refractivity contribution in [3.8, 4) is 0 Å². The van der Waals surface area contributed by atoms with Crippen molar-refractivity contribution < 1.29 is 13.2 Å². The zero-order valence-corrected chi connectivity index (χ0v) is 18.5. The van der Waals surface area contributed by atoms with Crippen LogP contribution >= 0.6 is 23.2 Å². The molecule has 0 unspecified atom stereocenters. The number of hydrogen-bond acceptors (Lipinski definition) is 6. The Bertz CT molecular complexity index is 1190. The molecule has 2 aromatic carbocycles. The number of carbonyl (C=O) groups excluding carboxylic acids is 1. The van der Waals surface area contributed by atoms with E-state index in [1.165, 1.54) is 24.4 Å². The lowest BCUT2D eigenvalue weighted by molar-refractivity contribution is 0.242. The van der Waals surface area contributed by atoms with Gasteiger partial charge in [0, 0.05) is 12.3 Å². The van der Waals surface area contributed by atoms with E-state index in [0.717, 1.165) is 5.01 Å². The summed E-state index contributed by atoms with van der Waals surface area (Å²) in [6.07, 6.45) is 1.30. The molecule has 0 aliphatic carbocycles. The van der Waals surface area contributed by atoms with E-state index < -0.39 is 22.1 Å². The van der Waals surface area contributed by atoms with Crippen molar-refractivity contribution >= 4 is 51.0 Å². The molecule has 4 N–H and O–H groups in total. The fourth-order valence-corrected chi connectivity index (χ4v) is 4.14. The van der Waals surface area contributed by atoms with Crippen LogP contribution in [0.5, 0.6) is 0 Å². The Morgan fingerprint density at radius 1 is 1.10 bits per heavy atom. The minimum absolute atomic E-state index is 0.0410. The van der Waals surface area contributed by atoms with Crippen molar-refractivity contribution in [1.82, 2.24) is 20.1 Å². The number of nitrogen functional groups attached to an aromatic ring is 1. The predicted octanol–water partition coefficient (Wildman–Crippen LogP) is 3.54. The quantitative estimate of drug-likeness (QED) is 0.462. The van der Waals surface area contributed by atoms with Gasteiger partial charge in [-0.2, -0.15) is 9.99 Å². The number of aromatic nitrogens is 2. The number of nitrogens with zero attached hydrogens (tertiary/aromatic N) is 3. The van der Waals surface area contributed by atoms with E-state index in [0.29, 0.717) is 10.6 Å². The molecule has 1 heterocycles. The van der Waals surface area contributed by atoms with Crippen LogP contribution < -0.4 is 20.9 Å². The summed E-state index contributed by atoms with van der Waals surface area (Å²) in [7, 11) is -4.11. The van der Waals surface area contributed by atoms with Gasteiger partial charge in [0.05, 0.1) is 21.0 Å². The third kappa shape index (κ3) is 5.42. The first-order chi connectivity index (χ1) is 14.7. The molecule has 3 aromatic rings. The van der Waals surface area contributed by atoms with Gasteiger partial charge < -0.3 is 11.1 Å². The third-order valence-corrected chi connectivity index (χ3v) is 6.29. The fraction of sp³-hybridized carbons (Fsp3) is 0.105. The number of anilines is 2. The maximum atomic E-state index is 13.1. The second-order valence-electron chi connectivity index (χ2n) is 6.33. The van der Waals surface area contributed by atoms with Gasteiger partial charge in [0.25, 0.3) is 10.0 Å². The Balaban J connectivity index is 1.92. The highest BCUT2D eigenvalue weighted by Gasteiger charge is 2.27. The van der Waals surface area contributed by atoms with Crippen LogP contribution in [-0.2, 0) is 10.0 Å². The summed E-state index contributed by atoms with van der Waals surface area (Å²) >= 11 is 12.3. The summed E-state index contributed by atoms with van der Waals surface area (Å²) in [6, 6.07) is 12.5. The van der Waals surface area contributed by atoms with Gasteiger partial charge in [0.2, 0.25) is 5.95 Å². The van der Waals surface area contributed by atoms with E-state index in [4.69, 9.17) is 28.9 Å². The van der Waals surface area contributed by atoms with Crippen molar-refractivity contribution in [2.45, 2.75) is 17.9 Å². The van der Waals surface area contributed by atoms with Gasteiger partial charge in [-0.3, -0.25) is 0 Å². The average molecular weight is 481 g/mol. The van der Waals surface area contributed by atoms with E-state index >= 15 is 0 Å². The summed E-state index contributed by atoms with van der Waals surface area (Å²) in [6.45, 7) is 1.67. The van der Waals surface area contributed by atoms with Crippen LogP contribution in [0, 0.1) is 0 Å². The zero-order valence-electron chi connectivity index (χ0n) is 16.2. The predicted molar refractivity (Wildman–Crippen MR) is 119 cm³/mol. The highest BCUT2D eigenvalue weighted by Crippen LogP contribution is 2.30. The van der Waals surface area contributed by atoms with Crippen molar-refractivity contribution in [2.24, 2.45) is 0 Å². The lowest BCUT2D eigenvalue weighted by Gasteiger charge is -2.25. The van der Waals surface area contributed by atoms with E-state index in [2.05, 4.69) is 20.1 Å². The van der Waals surface area contributed by atoms with E-state index in [1.54, 1.807) is 43.3 Å². The number of halogens is 2. The molecule has 0 aliphatic heterocycles. The Morgan fingerprint density at radius 3 is 2.48 bits per heavy atom. The number of urea groups is 1. The molecule has 1 aromatic heterocycles. The van der Waals surface area contributed by atoms with Gasteiger partial charge in [-0.15, -0.1) is 4.83 Å². The maximum Gasteiger partial charge on any atom is 0.339 e. The van der Waals surface area contributed by atoms with Crippen LogP contribution in [0.15, 0.2) is 65.7 Å². The molecule has 0 saturated carbocycles. The van der Waals surface area contributed by atoms with Crippen LogP contribution in [0.4, 0.5) is 16.6 Å². The molecule has 0 bridgehead atoms. The molecule has 0 aliphatic rings. The molecular formula is C19H18Cl2N6O3S. The molecule has 12 heteroatoms. The first-order valence-corrected chi connectivity index (χ1v) is 11.1. The Labute approximate surface area is 189 Å². The number of hydrazine groups is 1. The second kappa shape index (κ2) is 9.48. The topological polar surface area (TPSA) is 130 Å². The van der Waals surface area contributed by atoms with Crippen LogP contribution in [0.25, 0.3) is 0 Å². The number of benzene rings is 2. The van der Waals surface area contributed by atoms with Crippen molar-refractivity contribution in [3.05, 3.63) is 76.4 Å². The second-order valence-corrected chi connectivity index (χ2v) is 8.78. The fourth-order valence-electron chi connectivity index (χ4n) is 2.64. The van der Waals surface area contributed by atoms with Crippen molar-refractivity contribution in [2.75, 3.05) is 10.7 Å². The maximum absolute atomic E-state index is 13.1. The smallest absolute Gasteiger partial charge is 0.339 e. The first kappa shape index (κ1) is 22.8. The summed E-state index contributed by atoms with van der Waals surface area (Å²) in [4.78, 5) is 22.9. The van der Waals surface area contributed by atoms with Gasteiger partial charge in [-0.1, -0.05) is 53.5 Å². The average Bonchev–Trinajstić information content (AvgIpc) is 2.74. The number of nitrogens with two attached hydrogens (primary N) is 1. The molecule has 2 amide bonds. The number of rotatable bonds is 6. The van der Waals surface area contributed by atoms with E-state index in [9.17, 15) is 13.2 Å². The molecule has 162 valence electrons. The normalized spacial score (nSPS) is 12.2. The third-order valence-electron chi connectivity index (χ3n) is 4.14. The molecule has 0 radical (unpaired) electrons. The van der Waals surface area contributed by atoms with Crippen LogP contribution in [0.1, 0.15) is 18.5 Å². The number of carbonyl (C=O) groups is 1. The summed E-state index contributed by atoms with van der Waals surface area (Å²) in [5.41, 5.74) is 6.16. The van der Waals surface area contributed by atoms with Crippen molar-refractivity contribution in [3.63, 3.8) is 0 Å². The van der Waals surface area contributed by atoms with Crippen LogP contribution in [0.2, 0.25) is 10.0 Å². The van der Waals surface area contributed by atoms with Crippen molar-refractivity contribution in [1.29, 1.82) is 0 Å². The minimum Gasteiger partial charge on any atom is -0.368 e. The largest absolute Gasteiger partial charge is 0.368 e.